The van der Waals surface area contributed by atoms with E-state index in [-0.39, 0.29) is 17.1 Å². The van der Waals surface area contributed by atoms with Crippen molar-refractivity contribution in [1.29, 1.82) is 0 Å². The molecule has 0 aromatic heterocycles. The lowest BCUT2D eigenvalue weighted by atomic mass is 10.2. The average molecular weight is 403 g/mol. The Hall–Kier alpha value is -2.64. The molecule has 2 aromatic rings. The second-order valence-corrected chi connectivity index (χ2v) is 6.58. The average Bonchev–Trinajstić information content (AvgIpc) is 2.65. The van der Waals surface area contributed by atoms with Gasteiger partial charge in [0.1, 0.15) is 18.1 Å². The standard InChI is InChI=1S/C21H26N2O4S/c1-4-25-12-13-26-18-10-8-16(9-11-18)20(24)23-21(28)22-17-6-5-7-19(14-17)27-15(2)3/h5-11,14-15H,4,12-13H2,1-3H3,(H2,22,23,24,28). The van der Waals surface area contributed by atoms with Crippen molar-refractivity contribution in [2.75, 3.05) is 25.1 Å². The summed E-state index contributed by atoms with van der Waals surface area (Å²) in [5.41, 5.74) is 1.22. The van der Waals surface area contributed by atoms with Gasteiger partial charge in [-0.15, -0.1) is 0 Å². The predicted octanol–water partition coefficient (Wildman–Crippen LogP) is 4.02. The quantitative estimate of drug-likeness (QED) is 0.488. The van der Waals surface area contributed by atoms with Gasteiger partial charge in [0.2, 0.25) is 0 Å². The van der Waals surface area contributed by atoms with E-state index in [0.29, 0.717) is 31.1 Å². The monoisotopic (exact) mass is 402 g/mol. The van der Waals surface area contributed by atoms with Crippen LogP contribution in [-0.4, -0.2) is 36.9 Å². The van der Waals surface area contributed by atoms with E-state index >= 15 is 0 Å². The number of amides is 1. The minimum Gasteiger partial charge on any atom is -0.491 e. The number of anilines is 1. The molecular weight excluding hydrogens is 376 g/mol. The van der Waals surface area contributed by atoms with Crippen molar-refractivity contribution < 1.29 is 19.0 Å². The third kappa shape index (κ3) is 7.54. The Labute approximate surface area is 171 Å². The lowest BCUT2D eigenvalue weighted by Gasteiger charge is -2.13. The molecule has 0 spiro atoms. The number of hydrogen-bond acceptors (Lipinski definition) is 5. The first kappa shape index (κ1) is 21.7. The van der Waals surface area contributed by atoms with Crippen LogP contribution < -0.4 is 20.1 Å². The lowest BCUT2D eigenvalue weighted by Crippen LogP contribution is -2.34. The van der Waals surface area contributed by atoms with E-state index in [1.54, 1.807) is 24.3 Å². The van der Waals surface area contributed by atoms with E-state index in [9.17, 15) is 4.79 Å². The Morgan fingerprint density at radius 1 is 1.07 bits per heavy atom. The zero-order chi connectivity index (χ0) is 20.4. The van der Waals surface area contributed by atoms with Gasteiger partial charge in [-0.3, -0.25) is 10.1 Å². The van der Waals surface area contributed by atoms with Crippen molar-refractivity contribution in [2.24, 2.45) is 0 Å². The fourth-order valence-electron chi connectivity index (χ4n) is 2.32. The van der Waals surface area contributed by atoms with Crippen molar-refractivity contribution >= 4 is 28.9 Å². The van der Waals surface area contributed by atoms with E-state index in [1.165, 1.54) is 0 Å². The number of nitrogens with one attached hydrogen (secondary N) is 2. The van der Waals surface area contributed by atoms with Crippen LogP contribution in [0.1, 0.15) is 31.1 Å². The summed E-state index contributed by atoms with van der Waals surface area (Å²) in [7, 11) is 0. The minimum atomic E-state index is -0.298. The van der Waals surface area contributed by atoms with Gasteiger partial charge in [0.15, 0.2) is 5.11 Å². The van der Waals surface area contributed by atoms with Crippen LogP contribution in [0, 0.1) is 0 Å². The van der Waals surface area contributed by atoms with Gasteiger partial charge >= 0.3 is 0 Å². The fraction of sp³-hybridized carbons (Fsp3) is 0.333. The number of carbonyl (C=O) groups excluding carboxylic acids is 1. The van der Waals surface area contributed by atoms with Gasteiger partial charge in [-0.1, -0.05) is 6.07 Å². The molecule has 7 heteroatoms. The molecule has 0 heterocycles. The van der Waals surface area contributed by atoms with Crippen molar-refractivity contribution in [3.05, 3.63) is 54.1 Å². The number of carbonyl (C=O) groups is 1. The van der Waals surface area contributed by atoms with Gasteiger partial charge in [0.05, 0.1) is 12.7 Å². The zero-order valence-electron chi connectivity index (χ0n) is 16.4. The van der Waals surface area contributed by atoms with Crippen molar-refractivity contribution in [2.45, 2.75) is 26.9 Å². The highest BCUT2D eigenvalue weighted by Crippen LogP contribution is 2.18. The smallest absolute Gasteiger partial charge is 0.257 e. The molecular formula is C21H26N2O4S. The molecule has 0 aliphatic carbocycles. The molecule has 0 unspecified atom stereocenters. The molecule has 150 valence electrons. The third-order valence-electron chi connectivity index (χ3n) is 3.51. The van der Waals surface area contributed by atoms with Crippen LogP contribution >= 0.6 is 12.2 Å². The molecule has 0 radical (unpaired) electrons. The van der Waals surface area contributed by atoms with Crippen LogP contribution in [0.25, 0.3) is 0 Å². The van der Waals surface area contributed by atoms with E-state index in [0.717, 1.165) is 11.4 Å². The molecule has 2 N–H and O–H groups in total. The molecule has 0 fully saturated rings. The molecule has 2 aromatic carbocycles. The maximum atomic E-state index is 12.3. The Morgan fingerprint density at radius 3 is 2.50 bits per heavy atom. The first-order valence-corrected chi connectivity index (χ1v) is 9.58. The summed E-state index contributed by atoms with van der Waals surface area (Å²) in [4.78, 5) is 12.3. The van der Waals surface area contributed by atoms with Gasteiger partial charge in [0, 0.05) is 23.9 Å². The molecule has 0 atom stereocenters. The van der Waals surface area contributed by atoms with Gasteiger partial charge in [-0.25, -0.2) is 0 Å². The summed E-state index contributed by atoms with van der Waals surface area (Å²) in [6.07, 6.45) is 0.0769. The Bertz CT molecular complexity index is 778. The highest BCUT2D eigenvalue weighted by Gasteiger charge is 2.09. The molecule has 0 bridgehead atoms. The van der Waals surface area contributed by atoms with E-state index in [1.807, 2.05) is 45.0 Å². The maximum absolute atomic E-state index is 12.3. The molecule has 28 heavy (non-hydrogen) atoms. The summed E-state index contributed by atoms with van der Waals surface area (Å²) in [5.74, 6) is 1.11. The van der Waals surface area contributed by atoms with Crippen molar-refractivity contribution in [3.63, 3.8) is 0 Å². The summed E-state index contributed by atoms with van der Waals surface area (Å²) in [5, 5.41) is 5.86. The van der Waals surface area contributed by atoms with Gasteiger partial charge in [0.25, 0.3) is 5.91 Å². The van der Waals surface area contributed by atoms with Crippen LogP contribution in [-0.2, 0) is 4.74 Å². The van der Waals surface area contributed by atoms with E-state index < -0.39 is 0 Å². The van der Waals surface area contributed by atoms with Crippen molar-refractivity contribution in [3.8, 4) is 11.5 Å². The van der Waals surface area contributed by atoms with E-state index in [2.05, 4.69) is 10.6 Å². The van der Waals surface area contributed by atoms with Crippen LogP contribution in [0.2, 0.25) is 0 Å². The summed E-state index contributed by atoms with van der Waals surface area (Å²) in [6.45, 7) is 7.50. The van der Waals surface area contributed by atoms with Gasteiger partial charge in [-0.2, -0.15) is 0 Å². The molecule has 0 aliphatic rings. The Morgan fingerprint density at radius 2 is 1.82 bits per heavy atom. The second kappa shape index (κ2) is 11.3. The largest absolute Gasteiger partial charge is 0.491 e. The molecule has 2 rings (SSSR count). The van der Waals surface area contributed by atoms with Crippen LogP contribution in [0.5, 0.6) is 11.5 Å². The van der Waals surface area contributed by atoms with Crippen LogP contribution in [0.3, 0.4) is 0 Å². The topological polar surface area (TPSA) is 68.8 Å². The Balaban J connectivity index is 1.85. The molecule has 0 aliphatic heterocycles. The van der Waals surface area contributed by atoms with Crippen LogP contribution in [0.4, 0.5) is 5.69 Å². The normalized spacial score (nSPS) is 10.4. The predicted molar refractivity (Wildman–Crippen MR) is 114 cm³/mol. The SMILES string of the molecule is CCOCCOc1ccc(C(=O)NC(=S)Nc2cccc(OC(C)C)c2)cc1. The highest BCUT2D eigenvalue weighted by atomic mass is 32.1. The van der Waals surface area contributed by atoms with Crippen LogP contribution in [0.15, 0.2) is 48.5 Å². The van der Waals surface area contributed by atoms with Crippen molar-refractivity contribution in [1.82, 2.24) is 5.32 Å². The van der Waals surface area contributed by atoms with Gasteiger partial charge in [-0.05, 0) is 69.4 Å². The number of ether oxygens (including phenoxy) is 3. The number of rotatable bonds is 9. The maximum Gasteiger partial charge on any atom is 0.257 e. The number of thiocarbonyl (C=S) groups is 1. The molecule has 6 nitrogen and oxygen atoms in total. The zero-order valence-corrected chi connectivity index (χ0v) is 17.2. The first-order valence-electron chi connectivity index (χ1n) is 9.17. The fourth-order valence-corrected chi connectivity index (χ4v) is 2.53. The minimum absolute atomic E-state index is 0.0769. The number of benzene rings is 2. The summed E-state index contributed by atoms with van der Waals surface area (Å²) >= 11 is 5.23. The summed E-state index contributed by atoms with van der Waals surface area (Å²) in [6, 6.07) is 14.2. The lowest BCUT2D eigenvalue weighted by molar-refractivity contribution is 0.0977. The highest BCUT2D eigenvalue weighted by molar-refractivity contribution is 7.80. The van der Waals surface area contributed by atoms with Gasteiger partial charge < -0.3 is 19.5 Å². The third-order valence-corrected chi connectivity index (χ3v) is 3.71. The molecule has 0 saturated carbocycles. The molecule has 1 amide bonds. The number of hydrogen-bond donors (Lipinski definition) is 2. The Kier molecular flexibility index (Phi) is 8.71. The molecule has 0 saturated heterocycles. The first-order chi connectivity index (χ1) is 13.5. The second-order valence-electron chi connectivity index (χ2n) is 6.17. The van der Waals surface area contributed by atoms with E-state index in [4.69, 9.17) is 26.4 Å². The summed E-state index contributed by atoms with van der Waals surface area (Å²) < 4.78 is 16.4.